The van der Waals surface area contributed by atoms with Crippen molar-refractivity contribution >= 4 is 5.97 Å². The van der Waals surface area contributed by atoms with Crippen LogP contribution in [0, 0.1) is 11.8 Å². The third-order valence-electron chi connectivity index (χ3n) is 4.63. The number of carbonyl (C=O) groups is 1. The largest absolute Gasteiger partial charge is 0.480 e. The number of carboxylic acid groups (broad SMARTS) is 1. The summed E-state index contributed by atoms with van der Waals surface area (Å²) in [5.41, 5.74) is 0. The average molecular weight is 254 g/mol. The predicted octanol–water partition coefficient (Wildman–Crippen LogP) is 3.62. The highest BCUT2D eigenvalue weighted by Gasteiger charge is 2.25. The second-order valence-corrected chi connectivity index (χ2v) is 6.09. The summed E-state index contributed by atoms with van der Waals surface area (Å²) < 4.78 is 5.38. The molecule has 2 aliphatic rings. The molecule has 2 saturated carbocycles. The molecule has 104 valence electrons. The minimum absolute atomic E-state index is 0.127. The molecule has 0 aliphatic heterocycles. The van der Waals surface area contributed by atoms with Crippen LogP contribution in [0.1, 0.15) is 64.2 Å². The lowest BCUT2D eigenvalue weighted by Crippen LogP contribution is -2.25. The Bertz CT molecular complexity index is 250. The van der Waals surface area contributed by atoms with Gasteiger partial charge in [-0.3, -0.25) is 0 Å². The first-order chi connectivity index (χ1) is 8.74. The molecule has 0 aromatic rings. The summed E-state index contributed by atoms with van der Waals surface area (Å²) in [6, 6.07) is 0. The summed E-state index contributed by atoms with van der Waals surface area (Å²) in [5.74, 6) is 0.998. The van der Waals surface area contributed by atoms with Gasteiger partial charge >= 0.3 is 5.97 Å². The van der Waals surface area contributed by atoms with Gasteiger partial charge in [0, 0.05) is 0 Å². The molecule has 2 aliphatic carbocycles. The molecule has 18 heavy (non-hydrogen) atoms. The van der Waals surface area contributed by atoms with E-state index in [0.717, 1.165) is 24.7 Å². The van der Waals surface area contributed by atoms with Gasteiger partial charge in [0.25, 0.3) is 0 Å². The fourth-order valence-corrected chi connectivity index (χ4v) is 3.62. The van der Waals surface area contributed by atoms with Crippen molar-refractivity contribution in [2.75, 3.05) is 6.61 Å². The van der Waals surface area contributed by atoms with Crippen molar-refractivity contribution in [3.05, 3.63) is 0 Å². The summed E-state index contributed by atoms with van der Waals surface area (Å²) >= 11 is 0. The fraction of sp³-hybridized carbons (Fsp3) is 0.933. The molecule has 0 atom stereocenters. The number of ether oxygens (including phenoxy) is 1. The quantitative estimate of drug-likeness (QED) is 0.815. The van der Waals surface area contributed by atoms with Gasteiger partial charge in [0.2, 0.25) is 0 Å². The highest BCUT2D eigenvalue weighted by atomic mass is 16.5. The Kier molecular flexibility index (Phi) is 5.48. The lowest BCUT2D eigenvalue weighted by Gasteiger charge is -2.32. The van der Waals surface area contributed by atoms with Crippen LogP contribution in [0.3, 0.4) is 0 Å². The van der Waals surface area contributed by atoms with E-state index in [1.165, 1.54) is 51.4 Å². The molecule has 2 rings (SSSR count). The Morgan fingerprint density at radius 3 is 2.17 bits per heavy atom. The zero-order valence-corrected chi connectivity index (χ0v) is 11.3. The van der Waals surface area contributed by atoms with E-state index in [2.05, 4.69) is 0 Å². The molecule has 3 heteroatoms. The van der Waals surface area contributed by atoms with E-state index in [4.69, 9.17) is 9.84 Å². The normalized spacial score (nSPS) is 30.2. The van der Waals surface area contributed by atoms with Gasteiger partial charge in [-0.1, -0.05) is 32.1 Å². The third-order valence-corrected chi connectivity index (χ3v) is 4.63. The van der Waals surface area contributed by atoms with E-state index in [1.807, 2.05) is 0 Å². The number of aliphatic carboxylic acids is 1. The topological polar surface area (TPSA) is 46.5 Å². The zero-order valence-electron chi connectivity index (χ0n) is 11.3. The Balaban J connectivity index is 1.62. The van der Waals surface area contributed by atoms with E-state index in [1.54, 1.807) is 0 Å². The molecule has 3 nitrogen and oxygen atoms in total. The molecular formula is C15H26O3. The number of hydrogen-bond donors (Lipinski definition) is 1. The standard InChI is InChI=1S/C15H26O3/c16-15(17)11-18-14-8-6-13(7-9-14)10-12-4-2-1-3-5-12/h12-14H,1-11H2,(H,16,17). The van der Waals surface area contributed by atoms with Crippen LogP contribution < -0.4 is 0 Å². The first-order valence-electron chi connectivity index (χ1n) is 7.57. The number of hydrogen-bond acceptors (Lipinski definition) is 2. The minimum Gasteiger partial charge on any atom is -0.480 e. The van der Waals surface area contributed by atoms with Gasteiger partial charge in [-0.05, 0) is 43.9 Å². The summed E-state index contributed by atoms with van der Waals surface area (Å²) in [4.78, 5) is 10.4. The van der Waals surface area contributed by atoms with Crippen LogP contribution >= 0.6 is 0 Å². The molecule has 0 aromatic carbocycles. The van der Waals surface area contributed by atoms with Crippen molar-refractivity contribution in [2.24, 2.45) is 11.8 Å². The summed E-state index contributed by atoms with van der Waals surface area (Å²) in [6.07, 6.45) is 13.4. The van der Waals surface area contributed by atoms with E-state index in [-0.39, 0.29) is 12.7 Å². The molecular weight excluding hydrogens is 228 g/mol. The Morgan fingerprint density at radius 2 is 1.56 bits per heavy atom. The number of rotatable bonds is 5. The first kappa shape index (κ1) is 13.9. The Morgan fingerprint density at radius 1 is 0.944 bits per heavy atom. The van der Waals surface area contributed by atoms with E-state index >= 15 is 0 Å². The smallest absolute Gasteiger partial charge is 0.329 e. The average Bonchev–Trinajstić information content (AvgIpc) is 2.39. The van der Waals surface area contributed by atoms with Gasteiger partial charge in [0.1, 0.15) is 6.61 Å². The minimum atomic E-state index is -0.848. The maximum absolute atomic E-state index is 10.4. The Hall–Kier alpha value is -0.570. The van der Waals surface area contributed by atoms with Gasteiger partial charge in [-0.15, -0.1) is 0 Å². The van der Waals surface area contributed by atoms with Gasteiger partial charge in [0.15, 0.2) is 0 Å². The van der Waals surface area contributed by atoms with Crippen LogP contribution in [0.2, 0.25) is 0 Å². The second-order valence-electron chi connectivity index (χ2n) is 6.09. The van der Waals surface area contributed by atoms with Crippen LogP contribution in [-0.2, 0) is 9.53 Å². The molecule has 2 fully saturated rings. The van der Waals surface area contributed by atoms with Crippen molar-refractivity contribution in [1.82, 2.24) is 0 Å². The number of carboxylic acids is 1. The molecule has 1 N–H and O–H groups in total. The van der Waals surface area contributed by atoms with Crippen LogP contribution in [-0.4, -0.2) is 23.8 Å². The van der Waals surface area contributed by atoms with Gasteiger partial charge in [-0.2, -0.15) is 0 Å². The molecule has 0 aromatic heterocycles. The second kappa shape index (κ2) is 7.13. The maximum atomic E-state index is 10.4. The predicted molar refractivity (Wildman–Crippen MR) is 70.5 cm³/mol. The van der Waals surface area contributed by atoms with Crippen LogP contribution in [0.5, 0.6) is 0 Å². The van der Waals surface area contributed by atoms with E-state index in [0.29, 0.717) is 0 Å². The highest BCUT2D eigenvalue weighted by Crippen LogP contribution is 2.35. The van der Waals surface area contributed by atoms with Gasteiger partial charge in [0.05, 0.1) is 6.10 Å². The SMILES string of the molecule is O=C(O)COC1CCC(CC2CCCCC2)CC1. The van der Waals surface area contributed by atoms with Crippen molar-refractivity contribution in [3.8, 4) is 0 Å². The van der Waals surface area contributed by atoms with E-state index in [9.17, 15) is 4.79 Å². The van der Waals surface area contributed by atoms with Gasteiger partial charge in [-0.25, -0.2) is 4.79 Å². The molecule has 0 saturated heterocycles. The fourth-order valence-electron chi connectivity index (χ4n) is 3.62. The van der Waals surface area contributed by atoms with Crippen molar-refractivity contribution in [2.45, 2.75) is 70.3 Å². The zero-order chi connectivity index (χ0) is 12.8. The molecule has 0 spiro atoms. The summed E-state index contributed by atoms with van der Waals surface area (Å²) in [6.45, 7) is -0.127. The summed E-state index contributed by atoms with van der Waals surface area (Å²) in [7, 11) is 0. The van der Waals surface area contributed by atoms with Crippen molar-refractivity contribution < 1.29 is 14.6 Å². The first-order valence-corrected chi connectivity index (χ1v) is 7.57. The lowest BCUT2D eigenvalue weighted by atomic mass is 9.77. The van der Waals surface area contributed by atoms with Crippen LogP contribution in [0.25, 0.3) is 0 Å². The lowest BCUT2D eigenvalue weighted by molar-refractivity contribution is -0.145. The van der Waals surface area contributed by atoms with Crippen LogP contribution in [0.4, 0.5) is 0 Å². The van der Waals surface area contributed by atoms with Gasteiger partial charge < -0.3 is 9.84 Å². The highest BCUT2D eigenvalue weighted by molar-refractivity contribution is 5.68. The molecule has 0 amide bonds. The van der Waals surface area contributed by atoms with Crippen molar-refractivity contribution in [1.29, 1.82) is 0 Å². The van der Waals surface area contributed by atoms with E-state index < -0.39 is 5.97 Å². The maximum Gasteiger partial charge on any atom is 0.329 e. The Labute approximate surface area is 110 Å². The molecule has 0 unspecified atom stereocenters. The van der Waals surface area contributed by atoms with Crippen LogP contribution in [0.15, 0.2) is 0 Å². The third kappa shape index (κ3) is 4.60. The molecule has 0 bridgehead atoms. The summed E-state index contributed by atoms with van der Waals surface area (Å²) in [5, 5.41) is 8.59. The molecule has 0 radical (unpaired) electrons. The van der Waals surface area contributed by atoms with Crippen molar-refractivity contribution in [3.63, 3.8) is 0 Å². The molecule has 0 heterocycles. The monoisotopic (exact) mass is 254 g/mol.